The monoisotopic (exact) mass is 330 g/mol. The number of benzene rings is 1. The summed E-state index contributed by atoms with van der Waals surface area (Å²) in [7, 11) is 1.78. The minimum absolute atomic E-state index is 0.136. The normalized spacial score (nSPS) is 23.5. The number of aryl methyl sites for hydroxylation is 1. The van der Waals surface area contributed by atoms with E-state index in [1.807, 2.05) is 0 Å². The van der Waals surface area contributed by atoms with Crippen LogP contribution in [0.25, 0.3) is 0 Å². The Kier molecular flexibility index (Phi) is 4.69. The van der Waals surface area contributed by atoms with Crippen molar-refractivity contribution in [3.05, 3.63) is 28.8 Å². The molecule has 1 aromatic rings. The summed E-state index contributed by atoms with van der Waals surface area (Å²) in [5.74, 6) is 1.01. The molecule has 1 N–H and O–H groups in total. The van der Waals surface area contributed by atoms with Crippen molar-refractivity contribution < 1.29 is 4.74 Å². The SMILES string of the molecule is COc1cc(C)c2c(c1)C1(CCCCC1)N(CNC(C)(C)C)C2C. The molecule has 1 saturated carbocycles. The van der Waals surface area contributed by atoms with Crippen LogP contribution in [0.3, 0.4) is 0 Å². The maximum atomic E-state index is 5.60. The fourth-order valence-electron chi connectivity index (χ4n) is 4.81. The number of methoxy groups -OCH3 is 1. The molecule has 1 unspecified atom stereocenters. The topological polar surface area (TPSA) is 24.5 Å². The molecule has 0 amide bonds. The molecular weight excluding hydrogens is 296 g/mol. The van der Waals surface area contributed by atoms with Gasteiger partial charge in [-0.25, -0.2) is 0 Å². The van der Waals surface area contributed by atoms with Gasteiger partial charge in [-0.05, 0) is 76.3 Å². The molecule has 134 valence electrons. The molecule has 24 heavy (non-hydrogen) atoms. The molecule has 3 nitrogen and oxygen atoms in total. The van der Waals surface area contributed by atoms with Gasteiger partial charge in [0.05, 0.1) is 7.11 Å². The predicted molar refractivity (Wildman–Crippen MR) is 101 cm³/mol. The Labute approximate surface area is 147 Å². The van der Waals surface area contributed by atoms with E-state index in [1.165, 1.54) is 48.8 Å². The van der Waals surface area contributed by atoms with Crippen molar-refractivity contribution in [1.29, 1.82) is 0 Å². The molecule has 1 heterocycles. The molecule has 0 radical (unpaired) electrons. The molecule has 3 rings (SSSR count). The lowest BCUT2D eigenvalue weighted by Gasteiger charge is -2.45. The van der Waals surface area contributed by atoms with Crippen LogP contribution < -0.4 is 10.1 Å². The lowest BCUT2D eigenvalue weighted by Crippen LogP contribution is -2.51. The van der Waals surface area contributed by atoms with Gasteiger partial charge < -0.3 is 4.74 Å². The molecule has 0 saturated heterocycles. The highest BCUT2D eigenvalue weighted by atomic mass is 16.5. The van der Waals surface area contributed by atoms with Crippen LogP contribution in [0.5, 0.6) is 5.75 Å². The van der Waals surface area contributed by atoms with Gasteiger partial charge in [0.25, 0.3) is 0 Å². The Morgan fingerprint density at radius 1 is 1.21 bits per heavy atom. The standard InChI is InChI=1S/C21H34N2O/c1-15-12-17(24-6)13-18-19(15)16(2)23(14-22-20(3,4)5)21(18)10-8-7-9-11-21/h12-13,16,22H,7-11,14H2,1-6H3. The zero-order valence-corrected chi connectivity index (χ0v) is 16.3. The van der Waals surface area contributed by atoms with Crippen LogP contribution in [0.4, 0.5) is 0 Å². The van der Waals surface area contributed by atoms with E-state index in [0.717, 1.165) is 12.4 Å². The molecule has 0 bridgehead atoms. The van der Waals surface area contributed by atoms with E-state index in [9.17, 15) is 0 Å². The quantitative estimate of drug-likeness (QED) is 0.854. The second kappa shape index (κ2) is 6.34. The van der Waals surface area contributed by atoms with Crippen molar-refractivity contribution in [2.75, 3.05) is 13.8 Å². The first-order chi connectivity index (χ1) is 11.3. The molecule has 1 spiro atoms. The van der Waals surface area contributed by atoms with E-state index < -0.39 is 0 Å². The minimum atomic E-state index is 0.136. The number of rotatable bonds is 3. The summed E-state index contributed by atoms with van der Waals surface area (Å²) in [5, 5.41) is 3.74. The predicted octanol–water partition coefficient (Wildman–Crippen LogP) is 4.89. The second-order valence-corrected chi connectivity index (χ2v) is 8.73. The summed E-state index contributed by atoms with van der Waals surface area (Å²) < 4.78 is 5.60. The van der Waals surface area contributed by atoms with Gasteiger partial charge in [0.15, 0.2) is 0 Å². The molecule has 2 aliphatic rings. The summed E-state index contributed by atoms with van der Waals surface area (Å²) in [6.07, 6.45) is 6.56. The lowest BCUT2D eigenvalue weighted by molar-refractivity contribution is 0.0232. The van der Waals surface area contributed by atoms with Crippen LogP contribution in [0.1, 0.15) is 82.5 Å². The summed E-state index contributed by atoms with van der Waals surface area (Å²) in [6.45, 7) is 12.3. The molecule has 1 aliphatic heterocycles. The van der Waals surface area contributed by atoms with E-state index in [1.54, 1.807) is 7.11 Å². The van der Waals surface area contributed by atoms with Crippen molar-refractivity contribution in [1.82, 2.24) is 10.2 Å². The Morgan fingerprint density at radius 3 is 2.46 bits per heavy atom. The fourth-order valence-corrected chi connectivity index (χ4v) is 4.81. The van der Waals surface area contributed by atoms with Crippen molar-refractivity contribution >= 4 is 0 Å². The van der Waals surface area contributed by atoms with Gasteiger partial charge in [-0.2, -0.15) is 0 Å². The van der Waals surface area contributed by atoms with E-state index in [4.69, 9.17) is 4.74 Å². The first-order valence-corrected chi connectivity index (χ1v) is 9.49. The first kappa shape index (κ1) is 17.8. The average molecular weight is 331 g/mol. The van der Waals surface area contributed by atoms with Gasteiger partial charge in [0.1, 0.15) is 5.75 Å². The van der Waals surface area contributed by atoms with Crippen molar-refractivity contribution in [3.63, 3.8) is 0 Å². The van der Waals surface area contributed by atoms with Crippen LogP contribution in [0, 0.1) is 6.92 Å². The molecular formula is C21H34N2O. The third-order valence-electron chi connectivity index (χ3n) is 5.99. The smallest absolute Gasteiger partial charge is 0.119 e. The van der Waals surface area contributed by atoms with E-state index >= 15 is 0 Å². The highest BCUT2D eigenvalue weighted by Gasteiger charge is 2.49. The van der Waals surface area contributed by atoms with Crippen LogP contribution in [0.2, 0.25) is 0 Å². The zero-order valence-electron chi connectivity index (χ0n) is 16.3. The Bertz CT molecular complexity index is 597. The summed E-state index contributed by atoms with van der Waals surface area (Å²) in [5.41, 5.74) is 4.76. The molecule has 1 aromatic carbocycles. The van der Waals surface area contributed by atoms with Crippen LogP contribution in [-0.4, -0.2) is 24.2 Å². The number of nitrogens with one attached hydrogen (secondary N) is 1. The Hall–Kier alpha value is -1.06. The number of nitrogens with zero attached hydrogens (tertiary/aromatic N) is 1. The Morgan fingerprint density at radius 2 is 1.88 bits per heavy atom. The van der Waals surface area contributed by atoms with Crippen LogP contribution in [0.15, 0.2) is 12.1 Å². The summed E-state index contributed by atoms with van der Waals surface area (Å²) in [4.78, 5) is 2.73. The van der Waals surface area contributed by atoms with E-state index in [0.29, 0.717) is 6.04 Å². The third-order valence-corrected chi connectivity index (χ3v) is 5.99. The van der Waals surface area contributed by atoms with Gasteiger partial charge in [-0.1, -0.05) is 19.3 Å². The fraction of sp³-hybridized carbons (Fsp3) is 0.714. The highest BCUT2D eigenvalue weighted by molar-refractivity contribution is 5.50. The maximum absolute atomic E-state index is 5.60. The molecule has 1 fully saturated rings. The molecule has 3 heteroatoms. The highest BCUT2D eigenvalue weighted by Crippen LogP contribution is 2.54. The van der Waals surface area contributed by atoms with Crippen molar-refractivity contribution in [2.24, 2.45) is 0 Å². The van der Waals surface area contributed by atoms with Crippen molar-refractivity contribution in [3.8, 4) is 5.75 Å². The number of hydrogen-bond donors (Lipinski definition) is 1. The van der Waals surface area contributed by atoms with Crippen molar-refractivity contribution in [2.45, 2.75) is 83.8 Å². The largest absolute Gasteiger partial charge is 0.497 e. The third kappa shape index (κ3) is 2.97. The number of ether oxygens (including phenoxy) is 1. The summed E-state index contributed by atoms with van der Waals surface area (Å²) >= 11 is 0. The summed E-state index contributed by atoms with van der Waals surface area (Å²) in [6, 6.07) is 4.98. The molecule has 1 aliphatic carbocycles. The van der Waals surface area contributed by atoms with Gasteiger partial charge in [0.2, 0.25) is 0 Å². The zero-order chi connectivity index (χ0) is 17.5. The average Bonchev–Trinajstić information content (AvgIpc) is 2.74. The van der Waals surface area contributed by atoms with Gasteiger partial charge >= 0.3 is 0 Å². The van der Waals surface area contributed by atoms with Gasteiger partial charge in [-0.15, -0.1) is 0 Å². The second-order valence-electron chi connectivity index (χ2n) is 8.73. The van der Waals surface area contributed by atoms with Crippen LogP contribution in [-0.2, 0) is 5.54 Å². The first-order valence-electron chi connectivity index (χ1n) is 9.49. The van der Waals surface area contributed by atoms with E-state index in [2.05, 4.69) is 57.0 Å². The minimum Gasteiger partial charge on any atom is -0.497 e. The number of fused-ring (bicyclic) bond motifs is 2. The van der Waals surface area contributed by atoms with E-state index in [-0.39, 0.29) is 11.1 Å². The van der Waals surface area contributed by atoms with Gasteiger partial charge in [-0.3, -0.25) is 10.2 Å². The Balaban J connectivity index is 2.05. The van der Waals surface area contributed by atoms with Gasteiger partial charge in [0, 0.05) is 23.8 Å². The lowest BCUT2D eigenvalue weighted by atomic mass is 9.76. The molecule has 1 atom stereocenters. The van der Waals surface area contributed by atoms with Crippen LogP contribution >= 0.6 is 0 Å². The molecule has 0 aromatic heterocycles. The number of hydrogen-bond acceptors (Lipinski definition) is 3. The maximum Gasteiger partial charge on any atom is 0.119 e.